The van der Waals surface area contributed by atoms with Gasteiger partial charge in [0.05, 0.1) is 6.54 Å². The summed E-state index contributed by atoms with van der Waals surface area (Å²) in [6.07, 6.45) is 2.64. The Morgan fingerprint density at radius 3 is 2.33 bits per heavy atom. The minimum absolute atomic E-state index is 0.269. The molecule has 1 heterocycles. The number of aryl methyl sites for hydroxylation is 2. The summed E-state index contributed by atoms with van der Waals surface area (Å²) in [6, 6.07) is 15.1. The maximum absolute atomic E-state index is 11.8. The van der Waals surface area contributed by atoms with Gasteiger partial charge in [0.1, 0.15) is 0 Å². The smallest absolute Gasteiger partial charge is 0.222 e. The molecule has 0 saturated carbocycles. The van der Waals surface area contributed by atoms with Crippen LogP contribution in [0.15, 0.2) is 47.5 Å². The van der Waals surface area contributed by atoms with Crippen LogP contribution < -0.4 is 10.6 Å². The number of benzene rings is 2. The summed E-state index contributed by atoms with van der Waals surface area (Å²) in [4.78, 5) is 18.5. The Labute approximate surface area is 180 Å². The minimum Gasteiger partial charge on any atom is -0.357 e. The zero-order valence-corrected chi connectivity index (χ0v) is 18.5. The molecule has 2 N–H and O–H groups in total. The lowest BCUT2D eigenvalue weighted by Gasteiger charge is -2.15. The van der Waals surface area contributed by atoms with Crippen LogP contribution in [0.5, 0.6) is 0 Å². The molecule has 2 aromatic rings. The fourth-order valence-electron chi connectivity index (χ4n) is 3.89. The van der Waals surface area contributed by atoms with Crippen molar-refractivity contribution in [3.63, 3.8) is 0 Å². The summed E-state index contributed by atoms with van der Waals surface area (Å²) >= 11 is 0. The summed E-state index contributed by atoms with van der Waals surface area (Å²) < 4.78 is 0. The first-order valence-electron chi connectivity index (χ1n) is 11.0. The van der Waals surface area contributed by atoms with Crippen molar-refractivity contribution in [3.05, 3.63) is 70.3 Å². The van der Waals surface area contributed by atoms with Crippen LogP contribution in [0, 0.1) is 13.8 Å². The summed E-state index contributed by atoms with van der Waals surface area (Å²) in [5.74, 6) is 1.11. The number of nitrogens with zero attached hydrogens (tertiary/aromatic N) is 2. The number of amides is 1. The highest BCUT2D eigenvalue weighted by atomic mass is 16.2. The van der Waals surface area contributed by atoms with Crippen molar-refractivity contribution in [2.45, 2.75) is 53.1 Å². The van der Waals surface area contributed by atoms with E-state index in [4.69, 9.17) is 4.99 Å². The van der Waals surface area contributed by atoms with E-state index in [1.54, 1.807) is 0 Å². The Bertz CT molecular complexity index is 853. The second kappa shape index (κ2) is 10.8. The molecule has 1 aliphatic heterocycles. The van der Waals surface area contributed by atoms with Crippen LogP contribution >= 0.6 is 0 Å². The number of guanidine groups is 1. The highest BCUT2D eigenvalue weighted by molar-refractivity contribution is 5.79. The molecule has 3 rings (SSSR count). The van der Waals surface area contributed by atoms with E-state index < -0.39 is 0 Å². The summed E-state index contributed by atoms with van der Waals surface area (Å²) in [6.45, 7) is 10.3. The van der Waals surface area contributed by atoms with Crippen LogP contribution in [0.1, 0.15) is 47.6 Å². The first-order chi connectivity index (χ1) is 14.5. The highest BCUT2D eigenvalue weighted by Crippen LogP contribution is 2.15. The van der Waals surface area contributed by atoms with Gasteiger partial charge in [-0.25, -0.2) is 4.99 Å². The van der Waals surface area contributed by atoms with E-state index in [9.17, 15) is 4.79 Å². The number of rotatable bonds is 8. The fraction of sp³-hybridized carbons (Fsp3) is 0.440. The topological polar surface area (TPSA) is 56.7 Å². The molecule has 1 amide bonds. The van der Waals surface area contributed by atoms with Gasteiger partial charge < -0.3 is 15.5 Å². The average molecular weight is 407 g/mol. The molecule has 5 nitrogen and oxygen atoms in total. The molecule has 160 valence electrons. The van der Waals surface area contributed by atoms with E-state index in [0.29, 0.717) is 19.5 Å². The van der Waals surface area contributed by atoms with Crippen molar-refractivity contribution in [2.75, 3.05) is 19.6 Å². The normalized spacial score (nSPS) is 14.3. The molecule has 0 atom stereocenters. The molecule has 5 heteroatoms. The third-order valence-electron chi connectivity index (χ3n) is 5.32. The molecule has 0 aromatic heterocycles. The van der Waals surface area contributed by atoms with Gasteiger partial charge in [0.2, 0.25) is 5.91 Å². The first kappa shape index (κ1) is 21.9. The van der Waals surface area contributed by atoms with Crippen molar-refractivity contribution in [1.82, 2.24) is 15.5 Å². The number of aliphatic imine (C=N–C) groups is 1. The predicted molar refractivity (Wildman–Crippen MR) is 124 cm³/mol. The number of hydrogen-bond donors (Lipinski definition) is 2. The molecule has 1 aliphatic rings. The van der Waals surface area contributed by atoms with Crippen molar-refractivity contribution >= 4 is 11.9 Å². The largest absolute Gasteiger partial charge is 0.357 e. The Morgan fingerprint density at radius 1 is 1.00 bits per heavy atom. The summed E-state index contributed by atoms with van der Waals surface area (Å²) in [7, 11) is 0. The van der Waals surface area contributed by atoms with Crippen LogP contribution in [0.25, 0.3) is 0 Å². The van der Waals surface area contributed by atoms with Crippen LogP contribution in [-0.4, -0.2) is 36.4 Å². The van der Waals surface area contributed by atoms with Gasteiger partial charge in [-0.05, 0) is 50.3 Å². The third kappa shape index (κ3) is 6.61. The van der Waals surface area contributed by atoms with Gasteiger partial charge in [-0.1, -0.05) is 53.6 Å². The molecule has 0 spiro atoms. The molecule has 0 aliphatic carbocycles. The predicted octanol–water partition coefficient (Wildman–Crippen LogP) is 3.72. The number of carbonyl (C=O) groups excluding carboxylic acids is 1. The van der Waals surface area contributed by atoms with Gasteiger partial charge in [0.15, 0.2) is 5.96 Å². The SMILES string of the molecule is CCNC(=NCc1ccc(CN2CCCC2=O)cc1)NCCc1cc(C)cc(C)c1. The lowest BCUT2D eigenvalue weighted by atomic mass is 10.1. The number of hydrogen-bond acceptors (Lipinski definition) is 2. The summed E-state index contributed by atoms with van der Waals surface area (Å²) in [5, 5.41) is 6.76. The van der Waals surface area contributed by atoms with Gasteiger partial charge in [-0.15, -0.1) is 0 Å². The Hall–Kier alpha value is -2.82. The lowest BCUT2D eigenvalue weighted by Crippen LogP contribution is -2.38. The molecule has 1 saturated heterocycles. The Kier molecular flexibility index (Phi) is 7.89. The molecule has 1 fully saturated rings. The molecule has 2 aromatic carbocycles. The van der Waals surface area contributed by atoms with Gasteiger partial charge >= 0.3 is 0 Å². The van der Waals surface area contributed by atoms with Gasteiger partial charge in [0.25, 0.3) is 0 Å². The standard InChI is InChI=1S/C25H34N4O/c1-4-26-25(27-12-11-23-15-19(2)14-20(3)16-23)28-17-21-7-9-22(10-8-21)18-29-13-5-6-24(29)30/h7-10,14-16H,4-6,11-13,17-18H2,1-3H3,(H2,26,27,28). The van der Waals surface area contributed by atoms with Crippen molar-refractivity contribution in [2.24, 2.45) is 4.99 Å². The molecule has 0 radical (unpaired) electrons. The minimum atomic E-state index is 0.269. The lowest BCUT2D eigenvalue weighted by molar-refractivity contribution is -0.128. The van der Waals surface area contributed by atoms with Gasteiger partial charge in [-0.3, -0.25) is 4.79 Å². The molecular formula is C25H34N4O. The quantitative estimate of drug-likeness (QED) is 0.519. The highest BCUT2D eigenvalue weighted by Gasteiger charge is 2.19. The number of carbonyl (C=O) groups is 1. The van der Waals surface area contributed by atoms with Crippen LogP contribution in [0.2, 0.25) is 0 Å². The van der Waals surface area contributed by atoms with E-state index >= 15 is 0 Å². The average Bonchev–Trinajstić information content (AvgIpc) is 3.11. The van der Waals surface area contributed by atoms with Crippen LogP contribution in [0.4, 0.5) is 0 Å². The van der Waals surface area contributed by atoms with E-state index in [2.05, 4.69) is 73.9 Å². The molecule has 0 bridgehead atoms. The second-order valence-electron chi connectivity index (χ2n) is 8.10. The first-order valence-corrected chi connectivity index (χ1v) is 11.0. The molecular weight excluding hydrogens is 372 g/mol. The van der Waals surface area contributed by atoms with Gasteiger partial charge in [0, 0.05) is 32.6 Å². The zero-order chi connectivity index (χ0) is 21.3. The van der Waals surface area contributed by atoms with Crippen molar-refractivity contribution < 1.29 is 4.79 Å². The monoisotopic (exact) mass is 406 g/mol. The maximum Gasteiger partial charge on any atom is 0.222 e. The number of likely N-dealkylation sites (tertiary alicyclic amines) is 1. The van der Waals surface area contributed by atoms with Crippen LogP contribution in [-0.2, 0) is 24.3 Å². The zero-order valence-electron chi connectivity index (χ0n) is 18.5. The molecule has 0 unspecified atom stereocenters. The Morgan fingerprint density at radius 2 is 1.70 bits per heavy atom. The molecule has 30 heavy (non-hydrogen) atoms. The number of nitrogens with one attached hydrogen (secondary N) is 2. The van der Waals surface area contributed by atoms with Crippen molar-refractivity contribution in [3.8, 4) is 0 Å². The van der Waals surface area contributed by atoms with E-state index in [1.807, 2.05) is 4.90 Å². The Balaban J connectivity index is 1.51. The maximum atomic E-state index is 11.8. The van der Waals surface area contributed by atoms with E-state index in [-0.39, 0.29) is 5.91 Å². The van der Waals surface area contributed by atoms with E-state index in [0.717, 1.165) is 44.0 Å². The van der Waals surface area contributed by atoms with Gasteiger partial charge in [-0.2, -0.15) is 0 Å². The third-order valence-corrected chi connectivity index (χ3v) is 5.32. The van der Waals surface area contributed by atoms with Crippen LogP contribution in [0.3, 0.4) is 0 Å². The summed E-state index contributed by atoms with van der Waals surface area (Å²) in [5.41, 5.74) is 6.31. The fourth-order valence-corrected chi connectivity index (χ4v) is 3.89. The van der Waals surface area contributed by atoms with E-state index in [1.165, 1.54) is 22.3 Å². The van der Waals surface area contributed by atoms with Crippen molar-refractivity contribution in [1.29, 1.82) is 0 Å². The second-order valence-corrected chi connectivity index (χ2v) is 8.10.